The van der Waals surface area contributed by atoms with Gasteiger partial charge in [0.1, 0.15) is 12.1 Å². The molecular formula is C16H16N4O2. The highest BCUT2D eigenvalue weighted by atomic mass is 16.5. The maximum Gasteiger partial charge on any atom is 0.224 e. The molecule has 0 aliphatic rings. The quantitative estimate of drug-likeness (QED) is 0.710. The molecule has 3 aromatic rings. The molecular weight excluding hydrogens is 280 g/mol. The van der Waals surface area contributed by atoms with Gasteiger partial charge < -0.3 is 10.1 Å². The minimum absolute atomic E-state index is 0.0379. The van der Waals surface area contributed by atoms with Gasteiger partial charge in [-0.3, -0.25) is 9.20 Å². The number of carbonyl (C=O) groups is 1. The summed E-state index contributed by atoms with van der Waals surface area (Å²) in [5.41, 5.74) is 1.47. The lowest BCUT2D eigenvalue weighted by molar-refractivity contribution is -0.116. The highest BCUT2D eigenvalue weighted by molar-refractivity contribution is 5.90. The lowest BCUT2D eigenvalue weighted by atomic mass is 10.3. The van der Waals surface area contributed by atoms with Gasteiger partial charge in [0.15, 0.2) is 5.65 Å². The molecule has 6 nitrogen and oxygen atoms in total. The Morgan fingerprint density at radius 2 is 2.05 bits per heavy atom. The Morgan fingerprint density at radius 1 is 1.18 bits per heavy atom. The summed E-state index contributed by atoms with van der Waals surface area (Å²) in [7, 11) is 0. The minimum Gasteiger partial charge on any atom is -0.494 e. The van der Waals surface area contributed by atoms with Gasteiger partial charge in [-0.25, -0.2) is 0 Å². The molecule has 112 valence electrons. The van der Waals surface area contributed by atoms with Crippen LogP contribution < -0.4 is 10.1 Å². The monoisotopic (exact) mass is 296 g/mol. The summed E-state index contributed by atoms with van der Waals surface area (Å²) in [6, 6.07) is 13.2. The van der Waals surface area contributed by atoms with Crippen molar-refractivity contribution in [1.82, 2.24) is 14.6 Å². The van der Waals surface area contributed by atoms with Gasteiger partial charge in [-0.2, -0.15) is 0 Å². The van der Waals surface area contributed by atoms with Crippen molar-refractivity contribution in [3.05, 3.63) is 55.0 Å². The van der Waals surface area contributed by atoms with Crippen LogP contribution in [0.15, 0.2) is 55.0 Å². The Kier molecular flexibility index (Phi) is 4.29. The minimum atomic E-state index is -0.0379. The number of anilines is 1. The molecule has 1 amide bonds. The van der Waals surface area contributed by atoms with Crippen molar-refractivity contribution < 1.29 is 9.53 Å². The van der Waals surface area contributed by atoms with E-state index in [-0.39, 0.29) is 5.91 Å². The number of amides is 1. The normalized spacial score (nSPS) is 10.5. The maximum atomic E-state index is 11.9. The third-order valence-corrected chi connectivity index (χ3v) is 3.13. The summed E-state index contributed by atoms with van der Waals surface area (Å²) in [5.74, 6) is 0.782. The van der Waals surface area contributed by atoms with Gasteiger partial charge in [0.05, 0.1) is 12.3 Å². The molecule has 0 spiro atoms. The number of nitrogens with zero attached hydrogens (tertiary/aromatic N) is 3. The summed E-state index contributed by atoms with van der Waals surface area (Å²) >= 11 is 0. The van der Waals surface area contributed by atoms with E-state index in [0.717, 1.165) is 17.1 Å². The number of fused-ring (bicyclic) bond motifs is 1. The van der Waals surface area contributed by atoms with E-state index in [2.05, 4.69) is 15.5 Å². The summed E-state index contributed by atoms with van der Waals surface area (Å²) in [6.07, 6.45) is 4.45. The van der Waals surface area contributed by atoms with Crippen LogP contribution in [0.1, 0.15) is 12.8 Å². The van der Waals surface area contributed by atoms with Crippen LogP contribution in [0.25, 0.3) is 5.65 Å². The molecule has 2 heterocycles. The van der Waals surface area contributed by atoms with Gasteiger partial charge in [0, 0.05) is 12.6 Å². The second-order valence-corrected chi connectivity index (χ2v) is 4.83. The van der Waals surface area contributed by atoms with E-state index in [1.54, 1.807) is 23.0 Å². The Bertz CT molecular complexity index is 755. The topological polar surface area (TPSA) is 68.5 Å². The van der Waals surface area contributed by atoms with E-state index < -0.39 is 0 Å². The maximum absolute atomic E-state index is 11.9. The van der Waals surface area contributed by atoms with Crippen LogP contribution in [-0.2, 0) is 4.79 Å². The average Bonchev–Trinajstić information content (AvgIpc) is 3.00. The fourth-order valence-corrected chi connectivity index (χ4v) is 2.06. The number of benzene rings is 1. The lowest BCUT2D eigenvalue weighted by Crippen LogP contribution is -2.13. The van der Waals surface area contributed by atoms with Gasteiger partial charge in [0.25, 0.3) is 0 Å². The Morgan fingerprint density at radius 3 is 2.91 bits per heavy atom. The Hall–Kier alpha value is -2.89. The summed E-state index contributed by atoms with van der Waals surface area (Å²) < 4.78 is 7.31. The van der Waals surface area contributed by atoms with Crippen LogP contribution in [0.2, 0.25) is 0 Å². The molecule has 0 unspecified atom stereocenters. The first kappa shape index (κ1) is 14.1. The fraction of sp³-hybridized carbons (Fsp3) is 0.188. The smallest absolute Gasteiger partial charge is 0.224 e. The van der Waals surface area contributed by atoms with E-state index in [1.165, 1.54) is 0 Å². The third kappa shape index (κ3) is 3.60. The van der Waals surface area contributed by atoms with E-state index in [1.807, 2.05) is 36.4 Å². The number of aromatic nitrogens is 3. The largest absolute Gasteiger partial charge is 0.494 e. The summed E-state index contributed by atoms with van der Waals surface area (Å²) in [4.78, 5) is 11.9. The summed E-state index contributed by atoms with van der Waals surface area (Å²) in [6.45, 7) is 0.516. The zero-order valence-electron chi connectivity index (χ0n) is 12.0. The molecule has 1 aromatic carbocycles. The molecule has 0 radical (unpaired) electrons. The number of para-hydroxylation sites is 1. The Balaban J connectivity index is 1.44. The van der Waals surface area contributed by atoms with E-state index in [9.17, 15) is 4.79 Å². The van der Waals surface area contributed by atoms with Crippen molar-refractivity contribution in [1.29, 1.82) is 0 Å². The fourth-order valence-electron chi connectivity index (χ4n) is 2.06. The van der Waals surface area contributed by atoms with Crippen LogP contribution in [0, 0.1) is 0 Å². The highest BCUT2D eigenvalue weighted by Gasteiger charge is 2.04. The number of rotatable bonds is 6. The SMILES string of the molecule is O=C(CCCOc1ccccc1)Nc1ccc2nncn2c1. The molecule has 3 rings (SSSR count). The first-order chi connectivity index (χ1) is 10.8. The second-order valence-electron chi connectivity index (χ2n) is 4.83. The zero-order valence-corrected chi connectivity index (χ0v) is 12.0. The number of pyridine rings is 1. The first-order valence-electron chi connectivity index (χ1n) is 7.08. The zero-order chi connectivity index (χ0) is 15.2. The van der Waals surface area contributed by atoms with Crippen molar-refractivity contribution in [2.75, 3.05) is 11.9 Å². The van der Waals surface area contributed by atoms with Crippen molar-refractivity contribution in [3.8, 4) is 5.75 Å². The number of nitrogens with one attached hydrogen (secondary N) is 1. The average molecular weight is 296 g/mol. The van der Waals surface area contributed by atoms with Gasteiger partial charge in [-0.05, 0) is 30.7 Å². The van der Waals surface area contributed by atoms with Crippen LogP contribution in [0.4, 0.5) is 5.69 Å². The van der Waals surface area contributed by atoms with Crippen LogP contribution >= 0.6 is 0 Å². The molecule has 0 bridgehead atoms. The number of ether oxygens (including phenoxy) is 1. The molecule has 2 aromatic heterocycles. The molecule has 0 aliphatic carbocycles. The number of hydrogen-bond acceptors (Lipinski definition) is 4. The van der Waals surface area contributed by atoms with Crippen molar-refractivity contribution >= 4 is 17.2 Å². The molecule has 1 N–H and O–H groups in total. The van der Waals surface area contributed by atoms with Crippen LogP contribution in [0.5, 0.6) is 5.75 Å². The Labute approximate surface area is 127 Å². The third-order valence-electron chi connectivity index (χ3n) is 3.13. The van der Waals surface area contributed by atoms with Crippen molar-refractivity contribution in [2.24, 2.45) is 0 Å². The molecule has 6 heteroatoms. The highest BCUT2D eigenvalue weighted by Crippen LogP contribution is 2.11. The van der Waals surface area contributed by atoms with Crippen LogP contribution in [0.3, 0.4) is 0 Å². The molecule has 0 aliphatic heterocycles. The molecule has 22 heavy (non-hydrogen) atoms. The lowest BCUT2D eigenvalue weighted by Gasteiger charge is -2.07. The second kappa shape index (κ2) is 6.71. The van der Waals surface area contributed by atoms with Gasteiger partial charge in [-0.15, -0.1) is 10.2 Å². The number of hydrogen-bond donors (Lipinski definition) is 1. The van der Waals surface area contributed by atoms with Crippen LogP contribution in [-0.4, -0.2) is 27.1 Å². The predicted molar refractivity (Wildman–Crippen MR) is 82.8 cm³/mol. The van der Waals surface area contributed by atoms with E-state index >= 15 is 0 Å². The van der Waals surface area contributed by atoms with Gasteiger partial charge >= 0.3 is 0 Å². The van der Waals surface area contributed by atoms with Gasteiger partial charge in [0.2, 0.25) is 5.91 Å². The van der Waals surface area contributed by atoms with Crippen molar-refractivity contribution in [3.63, 3.8) is 0 Å². The standard InChI is InChI=1S/C16H16N4O2/c21-16(7-4-10-22-14-5-2-1-3-6-14)18-13-8-9-15-19-17-12-20(15)11-13/h1-3,5-6,8-9,11-12H,4,7,10H2,(H,18,21). The van der Waals surface area contributed by atoms with E-state index in [4.69, 9.17) is 4.74 Å². The van der Waals surface area contributed by atoms with E-state index in [0.29, 0.717) is 19.4 Å². The number of carbonyl (C=O) groups excluding carboxylic acids is 1. The molecule has 0 fully saturated rings. The molecule has 0 saturated heterocycles. The predicted octanol–water partition coefficient (Wildman–Crippen LogP) is 2.53. The first-order valence-corrected chi connectivity index (χ1v) is 7.08. The van der Waals surface area contributed by atoms with Crippen molar-refractivity contribution in [2.45, 2.75) is 12.8 Å². The summed E-state index contributed by atoms with van der Waals surface area (Å²) in [5, 5.41) is 10.6. The van der Waals surface area contributed by atoms with Gasteiger partial charge in [-0.1, -0.05) is 18.2 Å². The molecule has 0 saturated carbocycles. The molecule has 0 atom stereocenters.